The lowest BCUT2D eigenvalue weighted by Crippen LogP contribution is -2.29. The molecule has 3 aromatic carbocycles. The fourth-order valence-corrected chi connectivity index (χ4v) is 2.66. The highest BCUT2D eigenvalue weighted by atomic mass is 14.6. The van der Waals surface area contributed by atoms with Gasteiger partial charge in [-0.15, -0.1) is 0 Å². The maximum Gasteiger partial charge on any atom is 0.0470 e. The molecule has 0 amide bonds. The molecule has 108 valence electrons. The zero-order chi connectivity index (χ0) is 15.5. The van der Waals surface area contributed by atoms with Crippen LogP contribution in [0.15, 0.2) is 72.8 Å². The third-order valence-electron chi connectivity index (χ3n) is 3.94. The van der Waals surface area contributed by atoms with Crippen LogP contribution in [0.1, 0.15) is 11.1 Å². The quantitative estimate of drug-likeness (QED) is 0.769. The van der Waals surface area contributed by atoms with E-state index in [9.17, 15) is 0 Å². The molecule has 0 aliphatic carbocycles. The molecule has 0 saturated heterocycles. The first-order valence-corrected chi connectivity index (χ1v) is 7.37. The second-order valence-electron chi connectivity index (χ2n) is 5.47. The van der Waals surface area contributed by atoms with Crippen LogP contribution in [0, 0.1) is 6.92 Å². The smallest absolute Gasteiger partial charge is 0.0470 e. The molecule has 2 N–H and O–H groups in total. The van der Waals surface area contributed by atoms with Crippen molar-refractivity contribution in [2.24, 2.45) is 5.73 Å². The predicted octanol–water partition coefficient (Wildman–Crippen LogP) is 3.19. The second-order valence-corrected chi connectivity index (χ2v) is 5.47. The molecule has 0 aromatic heterocycles. The van der Waals surface area contributed by atoms with Crippen LogP contribution in [0.25, 0.3) is 23.4 Å². The number of benzene rings is 3. The van der Waals surface area contributed by atoms with Crippen LogP contribution >= 0.6 is 0 Å². The van der Waals surface area contributed by atoms with Crippen LogP contribution in [0.2, 0.25) is 0 Å². The second kappa shape index (κ2) is 5.90. The number of nitrogens with two attached hydrogens (primary N) is 1. The summed E-state index contributed by atoms with van der Waals surface area (Å²) in [6, 6.07) is 24.7. The minimum atomic E-state index is 0.779. The van der Waals surface area contributed by atoms with Crippen molar-refractivity contribution in [3.63, 3.8) is 0 Å². The third kappa shape index (κ3) is 2.66. The molecule has 1 heteroatoms. The van der Waals surface area contributed by atoms with Gasteiger partial charge in [-0.2, -0.15) is 0 Å². The van der Waals surface area contributed by atoms with Gasteiger partial charge in [-0.25, -0.2) is 0 Å². The van der Waals surface area contributed by atoms with Crippen molar-refractivity contribution in [1.29, 1.82) is 0 Å². The Morgan fingerprint density at radius 2 is 1.50 bits per heavy atom. The van der Waals surface area contributed by atoms with Gasteiger partial charge >= 0.3 is 0 Å². The summed E-state index contributed by atoms with van der Waals surface area (Å²) in [7, 11) is 0. The highest BCUT2D eigenvalue weighted by Crippen LogP contribution is 2.16. The van der Waals surface area contributed by atoms with E-state index in [0.29, 0.717) is 0 Å². The molecule has 0 radical (unpaired) electrons. The highest BCUT2D eigenvalue weighted by molar-refractivity contribution is 5.69. The van der Waals surface area contributed by atoms with E-state index in [1.54, 1.807) is 0 Å². The molecular weight excluding hydrogens is 266 g/mol. The molecule has 0 unspecified atom stereocenters. The Bertz CT molecular complexity index is 908. The molecule has 22 heavy (non-hydrogen) atoms. The van der Waals surface area contributed by atoms with Crippen LogP contribution in [0.4, 0.5) is 0 Å². The fraction of sp³-hybridized carbons (Fsp3) is 0.0476. The van der Waals surface area contributed by atoms with Crippen LogP contribution in [-0.4, -0.2) is 0 Å². The first-order valence-electron chi connectivity index (χ1n) is 7.37. The molecule has 0 aliphatic heterocycles. The summed E-state index contributed by atoms with van der Waals surface area (Å²) in [5, 5.41) is 1.94. The van der Waals surface area contributed by atoms with E-state index in [2.05, 4.69) is 49.9 Å². The lowest BCUT2D eigenvalue weighted by Gasteiger charge is -2.08. The minimum Gasteiger partial charge on any atom is -0.398 e. The normalized spacial score (nSPS) is 12.0. The Balaban J connectivity index is 2.25. The topological polar surface area (TPSA) is 26.0 Å². The number of aryl methyl sites for hydroxylation is 1. The third-order valence-corrected chi connectivity index (χ3v) is 3.94. The monoisotopic (exact) mass is 285 g/mol. The molecular formula is C21H19N. The van der Waals surface area contributed by atoms with E-state index in [1.165, 1.54) is 11.1 Å². The van der Waals surface area contributed by atoms with E-state index >= 15 is 0 Å². The van der Waals surface area contributed by atoms with Crippen molar-refractivity contribution in [2.75, 3.05) is 0 Å². The zero-order valence-electron chi connectivity index (χ0n) is 12.7. The molecule has 0 heterocycles. The van der Waals surface area contributed by atoms with Crippen LogP contribution in [0.5, 0.6) is 0 Å². The van der Waals surface area contributed by atoms with Gasteiger partial charge in [0, 0.05) is 16.5 Å². The van der Waals surface area contributed by atoms with Crippen molar-refractivity contribution in [1.82, 2.24) is 0 Å². The molecule has 3 aromatic rings. The molecule has 0 atom stereocenters. The van der Waals surface area contributed by atoms with E-state index in [1.807, 2.05) is 36.4 Å². The SMILES string of the molecule is C=c1ccc(-c2ccccc2)c/c1=C(\N)c1ccccc1C. The average Bonchev–Trinajstić information content (AvgIpc) is 2.56. The van der Waals surface area contributed by atoms with Gasteiger partial charge in [-0.3, -0.25) is 0 Å². The maximum absolute atomic E-state index is 6.44. The van der Waals surface area contributed by atoms with Gasteiger partial charge in [0.25, 0.3) is 0 Å². The summed E-state index contributed by atoms with van der Waals surface area (Å²) in [4.78, 5) is 0. The zero-order valence-corrected chi connectivity index (χ0v) is 12.7. The van der Waals surface area contributed by atoms with Crippen molar-refractivity contribution in [3.8, 4) is 11.1 Å². The molecule has 3 rings (SSSR count). The summed E-state index contributed by atoms with van der Waals surface area (Å²) in [5.41, 5.74) is 11.8. The first kappa shape index (κ1) is 14.2. The van der Waals surface area contributed by atoms with Crippen LogP contribution in [0.3, 0.4) is 0 Å². The van der Waals surface area contributed by atoms with Gasteiger partial charge in [0.05, 0.1) is 0 Å². The maximum atomic E-state index is 6.44. The molecule has 0 bridgehead atoms. The summed E-state index contributed by atoms with van der Waals surface area (Å²) >= 11 is 0. The Labute approximate surface area is 131 Å². The van der Waals surface area contributed by atoms with Crippen molar-refractivity contribution < 1.29 is 0 Å². The summed E-state index contributed by atoms with van der Waals surface area (Å²) in [6.07, 6.45) is 0. The van der Waals surface area contributed by atoms with E-state index in [4.69, 9.17) is 5.73 Å². The van der Waals surface area contributed by atoms with E-state index in [-0.39, 0.29) is 0 Å². The first-order chi connectivity index (χ1) is 10.7. The molecule has 1 nitrogen and oxygen atoms in total. The van der Waals surface area contributed by atoms with Gasteiger partial charge in [-0.05, 0) is 34.9 Å². The van der Waals surface area contributed by atoms with Crippen molar-refractivity contribution in [3.05, 3.63) is 94.4 Å². The summed E-state index contributed by atoms with van der Waals surface area (Å²) < 4.78 is 0. The Morgan fingerprint density at radius 1 is 0.818 bits per heavy atom. The lowest BCUT2D eigenvalue weighted by atomic mass is 10.00. The number of rotatable bonds is 2. The standard InChI is InChI=1S/C21H19N/c1-15-8-6-7-11-19(15)21(22)20-14-18(13-12-16(20)2)17-9-4-3-5-10-17/h3-14H,2,22H2,1H3/b21-20+. The Morgan fingerprint density at radius 3 is 2.23 bits per heavy atom. The number of hydrogen-bond acceptors (Lipinski definition) is 1. The fourth-order valence-electron chi connectivity index (χ4n) is 2.66. The highest BCUT2D eigenvalue weighted by Gasteiger charge is 2.03. The predicted molar refractivity (Wildman–Crippen MR) is 94.5 cm³/mol. The Kier molecular flexibility index (Phi) is 3.80. The van der Waals surface area contributed by atoms with Gasteiger partial charge < -0.3 is 5.73 Å². The molecule has 0 fully saturated rings. The lowest BCUT2D eigenvalue weighted by molar-refractivity contribution is 1.35. The molecule has 0 spiro atoms. The molecule has 0 aliphatic rings. The van der Waals surface area contributed by atoms with Crippen molar-refractivity contribution >= 4 is 12.3 Å². The van der Waals surface area contributed by atoms with Crippen LogP contribution in [-0.2, 0) is 0 Å². The van der Waals surface area contributed by atoms with Crippen molar-refractivity contribution in [2.45, 2.75) is 6.92 Å². The minimum absolute atomic E-state index is 0.779. The summed E-state index contributed by atoms with van der Waals surface area (Å²) in [5.74, 6) is 0. The van der Waals surface area contributed by atoms with Crippen LogP contribution < -0.4 is 16.2 Å². The van der Waals surface area contributed by atoms with Gasteiger partial charge in [0.15, 0.2) is 0 Å². The van der Waals surface area contributed by atoms with Gasteiger partial charge in [-0.1, -0.05) is 73.3 Å². The Hall–Kier alpha value is -2.80. The van der Waals surface area contributed by atoms with Gasteiger partial charge in [0.2, 0.25) is 0 Å². The molecule has 0 saturated carbocycles. The summed E-state index contributed by atoms with van der Waals surface area (Å²) in [6.45, 7) is 6.21. The largest absolute Gasteiger partial charge is 0.398 e. The van der Waals surface area contributed by atoms with E-state index in [0.717, 1.165) is 27.3 Å². The van der Waals surface area contributed by atoms with Gasteiger partial charge in [0.1, 0.15) is 0 Å². The van der Waals surface area contributed by atoms with E-state index < -0.39 is 0 Å². The average molecular weight is 285 g/mol. The number of hydrogen-bond donors (Lipinski definition) is 1.